The predicted octanol–water partition coefficient (Wildman–Crippen LogP) is 0.572. The van der Waals surface area contributed by atoms with E-state index in [1.54, 1.807) is 13.8 Å². The molecule has 0 aromatic heterocycles. The number of nitrogens with one attached hydrogen (secondary N) is 1. The second-order valence-electron chi connectivity index (χ2n) is 5.15. The highest BCUT2D eigenvalue weighted by atomic mass is 16.4. The Kier molecular flexibility index (Phi) is 4.45. The van der Waals surface area contributed by atoms with E-state index in [0.717, 1.165) is 5.01 Å². The third kappa shape index (κ3) is 2.87. The van der Waals surface area contributed by atoms with Crippen LogP contribution in [0.5, 0.6) is 0 Å². The van der Waals surface area contributed by atoms with Gasteiger partial charge in [-0.25, -0.2) is 10.2 Å². The summed E-state index contributed by atoms with van der Waals surface area (Å²) in [5.41, 5.74) is 1.94. The second-order valence-corrected chi connectivity index (χ2v) is 5.15. The lowest BCUT2D eigenvalue weighted by Crippen LogP contribution is -2.59. The smallest absolute Gasteiger partial charge is 0.328 e. The van der Waals surface area contributed by atoms with Gasteiger partial charge in [-0.2, -0.15) is 0 Å². The molecule has 0 saturated carbocycles. The molecule has 0 aromatic carbocycles. The summed E-state index contributed by atoms with van der Waals surface area (Å²) in [4.78, 5) is 35.2. The van der Waals surface area contributed by atoms with Gasteiger partial charge in [-0.05, 0) is 19.3 Å². The van der Waals surface area contributed by atoms with E-state index in [-0.39, 0.29) is 0 Å². The predicted molar refractivity (Wildman–Crippen MR) is 64.6 cm³/mol. The van der Waals surface area contributed by atoms with Crippen LogP contribution >= 0.6 is 0 Å². The van der Waals surface area contributed by atoms with Crippen LogP contribution < -0.4 is 5.43 Å². The third-order valence-corrected chi connectivity index (χ3v) is 3.44. The summed E-state index contributed by atoms with van der Waals surface area (Å²) in [6.45, 7) is 5.71. The Balaban J connectivity index is 2.87. The largest absolute Gasteiger partial charge is 0.480 e. The van der Waals surface area contributed by atoms with Gasteiger partial charge in [0.1, 0.15) is 6.04 Å². The van der Waals surface area contributed by atoms with Gasteiger partial charge in [0.05, 0.1) is 0 Å². The van der Waals surface area contributed by atoms with Gasteiger partial charge in [0, 0.05) is 12.0 Å². The van der Waals surface area contributed by atoms with Crippen molar-refractivity contribution in [2.45, 2.75) is 46.1 Å². The highest BCUT2D eigenvalue weighted by Crippen LogP contribution is 2.23. The Labute approximate surface area is 106 Å². The number of rotatable bonds is 4. The van der Waals surface area contributed by atoms with E-state index in [4.69, 9.17) is 5.11 Å². The van der Waals surface area contributed by atoms with Gasteiger partial charge in [-0.1, -0.05) is 20.8 Å². The maximum atomic E-state index is 12.1. The maximum Gasteiger partial charge on any atom is 0.328 e. The molecule has 1 aliphatic rings. The van der Waals surface area contributed by atoms with Crippen molar-refractivity contribution in [3.05, 3.63) is 0 Å². The molecule has 6 nitrogen and oxygen atoms in total. The average Bonchev–Trinajstić information content (AvgIpc) is 2.36. The number of hydrazine groups is 1. The number of Topliss-reactive ketones (excluding diaryl/α,β-unsaturated/α-hetero) is 1. The molecule has 0 radical (unpaired) electrons. The minimum Gasteiger partial charge on any atom is -0.480 e. The van der Waals surface area contributed by atoms with Gasteiger partial charge in [-0.3, -0.25) is 14.6 Å². The number of nitrogens with zero attached hydrogens (tertiary/aromatic N) is 1. The number of hydrogen-bond acceptors (Lipinski definition) is 4. The summed E-state index contributed by atoms with van der Waals surface area (Å²) < 4.78 is 0. The summed E-state index contributed by atoms with van der Waals surface area (Å²) in [6.07, 6.45) is 1.57. The summed E-state index contributed by atoms with van der Waals surface area (Å²) in [7, 11) is 0. The van der Waals surface area contributed by atoms with Gasteiger partial charge in [-0.15, -0.1) is 0 Å². The lowest BCUT2D eigenvalue weighted by molar-refractivity contribution is -0.161. The number of carboxylic acids is 1. The van der Waals surface area contributed by atoms with Crippen LogP contribution in [-0.2, 0) is 14.4 Å². The Hall–Kier alpha value is -1.43. The van der Waals surface area contributed by atoms with Crippen molar-refractivity contribution in [1.82, 2.24) is 10.4 Å². The number of aliphatic carboxylic acids is 1. The number of amides is 1. The fourth-order valence-corrected chi connectivity index (χ4v) is 1.74. The molecule has 18 heavy (non-hydrogen) atoms. The molecule has 1 saturated heterocycles. The molecule has 0 bridgehead atoms. The van der Waals surface area contributed by atoms with Gasteiger partial charge in [0.25, 0.3) is 0 Å². The van der Waals surface area contributed by atoms with Crippen LogP contribution in [0, 0.1) is 5.41 Å². The van der Waals surface area contributed by atoms with Crippen LogP contribution in [0.3, 0.4) is 0 Å². The van der Waals surface area contributed by atoms with Gasteiger partial charge >= 0.3 is 11.9 Å². The van der Waals surface area contributed by atoms with Crippen molar-refractivity contribution >= 4 is 17.7 Å². The molecular weight excluding hydrogens is 236 g/mol. The molecule has 1 rings (SSSR count). The Morgan fingerprint density at radius 1 is 1.39 bits per heavy atom. The molecule has 102 valence electrons. The normalized spacial score (nSPS) is 20.6. The first-order valence-electron chi connectivity index (χ1n) is 6.15. The number of carbonyl (C=O) groups is 3. The zero-order valence-electron chi connectivity index (χ0n) is 11.0. The fourth-order valence-electron chi connectivity index (χ4n) is 1.74. The lowest BCUT2D eigenvalue weighted by Gasteiger charge is -2.34. The minimum atomic E-state index is -1.09. The monoisotopic (exact) mass is 256 g/mol. The summed E-state index contributed by atoms with van der Waals surface area (Å²) in [5.74, 6) is -2.39. The van der Waals surface area contributed by atoms with Crippen LogP contribution in [0.1, 0.15) is 40.0 Å². The maximum absolute atomic E-state index is 12.1. The molecule has 0 spiro atoms. The standard InChI is InChI=1S/C12H20N2O4/c1-4-12(2,3)9(15)10(16)14-8(11(17)18)6-5-7-13-14/h8,13H,4-7H2,1-3H3,(H,17,18). The first-order valence-corrected chi connectivity index (χ1v) is 6.15. The first-order chi connectivity index (χ1) is 8.31. The molecule has 1 atom stereocenters. The van der Waals surface area contributed by atoms with Crippen molar-refractivity contribution in [2.24, 2.45) is 5.41 Å². The molecule has 1 aliphatic heterocycles. The van der Waals surface area contributed by atoms with Crippen LogP contribution in [-0.4, -0.2) is 40.4 Å². The van der Waals surface area contributed by atoms with E-state index in [2.05, 4.69) is 5.43 Å². The Morgan fingerprint density at radius 2 is 2.00 bits per heavy atom. The lowest BCUT2D eigenvalue weighted by atomic mass is 9.84. The zero-order chi connectivity index (χ0) is 13.9. The van der Waals surface area contributed by atoms with Crippen molar-refractivity contribution in [3.8, 4) is 0 Å². The molecular formula is C12H20N2O4. The number of carbonyl (C=O) groups excluding carboxylic acids is 2. The summed E-state index contributed by atoms with van der Waals surface area (Å²) in [5, 5.41) is 10.0. The molecule has 1 amide bonds. The molecule has 6 heteroatoms. The van der Waals surface area contributed by atoms with Crippen LogP contribution in [0.4, 0.5) is 0 Å². The van der Waals surface area contributed by atoms with Crippen molar-refractivity contribution in [1.29, 1.82) is 0 Å². The van der Waals surface area contributed by atoms with Gasteiger partial charge < -0.3 is 5.11 Å². The minimum absolute atomic E-state index is 0.369. The highest BCUT2D eigenvalue weighted by Gasteiger charge is 2.40. The molecule has 1 unspecified atom stereocenters. The summed E-state index contributed by atoms with van der Waals surface area (Å²) >= 11 is 0. The summed E-state index contributed by atoms with van der Waals surface area (Å²) in [6, 6.07) is -0.956. The van der Waals surface area contributed by atoms with E-state index in [0.29, 0.717) is 25.8 Å². The molecule has 1 fully saturated rings. The van der Waals surface area contributed by atoms with Crippen LogP contribution in [0.15, 0.2) is 0 Å². The van der Waals surface area contributed by atoms with E-state index in [9.17, 15) is 14.4 Å². The van der Waals surface area contributed by atoms with E-state index < -0.39 is 29.1 Å². The Morgan fingerprint density at radius 3 is 2.50 bits per heavy atom. The zero-order valence-corrected chi connectivity index (χ0v) is 11.0. The molecule has 2 N–H and O–H groups in total. The molecule has 0 aliphatic carbocycles. The highest BCUT2D eigenvalue weighted by molar-refractivity contribution is 6.38. The SMILES string of the molecule is CCC(C)(C)C(=O)C(=O)N1NCCCC1C(=O)O. The fraction of sp³-hybridized carbons (Fsp3) is 0.750. The van der Waals surface area contributed by atoms with E-state index in [1.807, 2.05) is 6.92 Å². The van der Waals surface area contributed by atoms with E-state index in [1.165, 1.54) is 0 Å². The number of ketones is 1. The third-order valence-electron chi connectivity index (χ3n) is 3.44. The average molecular weight is 256 g/mol. The first kappa shape index (κ1) is 14.6. The van der Waals surface area contributed by atoms with Gasteiger partial charge in [0.2, 0.25) is 5.78 Å². The molecule has 1 heterocycles. The number of hydrogen-bond donors (Lipinski definition) is 2. The Bertz CT molecular complexity index is 365. The topological polar surface area (TPSA) is 86.7 Å². The van der Waals surface area contributed by atoms with Crippen LogP contribution in [0.25, 0.3) is 0 Å². The van der Waals surface area contributed by atoms with Crippen molar-refractivity contribution in [2.75, 3.05) is 6.54 Å². The number of carboxylic acid groups (broad SMARTS) is 1. The quantitative estimate of drug-likeness (QED) is 0.718. The van der Waals surface area contributed by atoms with E-state index >= 15 is 0 Å². The van der Waals surface area contributed by atoms with Crippen molar-refractivity contribution in [3.63, 3.8) is 0 Å². The second kappa shape index (κ2) is 5.48. The van der Waals surface area contributed by atoms with Crippen molar-refractivity contribution < 1.29 is 19.5 Å². The van der Waals surface area contributed by atoms with Crippen LogP contribution in [0.2, 0.25) is 0 Å². The van der Waals surface area contributed by atoms with Gasteiger partial charge in [0.15, 0.2) is 0 Å². The molecule has 0 aromatic rings.